The van der Waals surface area contributed by atoms with E-state index in [9.17, 15) is 0 Å². The molecule has 0 N–H and O–H groups in total. The smallest absolute Gasteiger partial charge is 0.162 e. The van der Waals surface area contributed by atoms with Gasteiger partial charge in [0.1, 0.15) is 5.15 Å². The van der Waals surface area contributed by atoms with E-state index >= 15 is 0 Å². The number of hydrogen-bond donors (Lipinski definition) is 0. The lowest BCUT2D eigenvalue weighted by Gasteiger charge is -2.09. The molecule has 19 heavy (non-hydrogen) atoms. The zero-order chi connectivity index (χ0) is 13.6. The van der Waals surface area contributed by atoms with E-state index in [2.05, 4.69) is 48.5 Å². The molecule has 1 aliphatic rings. The first-order valence-electron chi connectivity index (χ1n) is 5.74. The van der Waals surface area contributed by atoms with Gasteiger partial charge in [0.25, 0.3) is 0 Å². The van der Waals surface area contributed by atoms with E-state index in [1.807, 2.05) is 18.2 Å². The van der Waals surface area contributed by atoms with Gasteiger partial charge in [0.15, 0.2) is 5.82 Å². The van der Waals surface area contributed by atoms with E-state index in [0.717, 1.165) is 19.3 Å². The van der Waals surface area contributed by atoms with Crippen molar-refractivity contribution in [2.75, 3.05) is 0 Å². The fourth-order valence-electron chi connectivity index (χ4n) is 1.85. The highest BCUT2D eigenvalue weighted by Gasteiger charge is 2.29. The fourth-order valence-corrected chi connectivity index (χ4v) is 3.31. The summed E-state index contributed by atoms with van der Waals surface area (Å²) < 4.78 is 1.87. The minimum atomic E-state index is 0.513. The molecule has 1 heterocycles. The molecule has 1 fully saturated rings. The second-order valence-corrected chi connectivity index (χ2v) is 7.16. The molecular weight excluding hydrogens is 462 g/mol. The second kappa shape index (κ2) is 5.47. The number of rotatable bonds is 2. The highest BCUT2D eigenvalue weighted by Crippen LogP contribution is 2.43. The van der Waals surface area contributed by atoms with Gasteiger partial charge in [-0.15, -0.1) is 0 Å². The first kappa shape index (κ1) is 14.0. The maximum atomic E-state index is 6.23. The third-order valence-corrected chi connectivity index (χ3v) is 5.55. The molecule has 1 aliphatic carbocycles. The predicted octanol–water partition coefficient (Wildman–Crippen LogP) is 5.69. The van der Waals surface area contributed by atoms with Gasteiger partial charge < -0.3 is 0 Å². The van der Waals surface area contributed by atoms with Crippen LogP contribution in [0.3, 0.4) is 0 Å². The Balaban J connectivity index is 2.17. The quantitative estimate of drug-likeness (QED) is 0.417. The molecule has 3 rings (SSSR count). The molecule has 2 aromatic rings. The Hall–Kier alpha value is 0.0900. The Morgan fingerprint density at radius 1 is 1.21 bits per heavy atom. The molecular formula is C13H8BrCl2IN2. The number of benzene rings is 1. The van der Waals surface area contributed by atoms with Crippen LogP contribution in [0.5, 0.6) is 0 Å². The van der Waals surface area contributed by atoms with Gasteiger partial charge in [0.05, 0.1) is 9.26 Å². The van der Waals surface area contributed by atoms with Gasteiger partial charge in [0.2, 0.25) is 0 Å². The molecule has 0 amide bonds. The molecule has 1 saturated carbocycles. The fraction of sp³-hybridized carbons (Fsp3) is 0.231. The Kier molecular flexibility index (Phi) is 4.04. The van der Waals surface area contributed by atoms with Gasteiger partial charge in [-0.05, 0) is 53.6 Å². The summed E-state index contributed by atoms with van der Waals surface area (Å²) in [5.41, 5.74) is 1.93. The Morgan fingerprint density at radius 2 is 1.95 bits per heavy atom. The first-order chi connectivity index (χ1) is 9.06. The van der Waals surface area contributed by atoms with Crippen LogP contribution in [0, 0.1) is 3.57 Å². The average molecular weight is 470 g/mol. The third kappa shape index (κ3) is 2.91. The van der Waals surface area contributed by atoms with Crippen LogP contribution in [0.25, 0.3) is 11.4 Å². The van der Waals surface area contributed by atoms with Gasteiger partial charge in [-0.1, -0.05) is 39.1 Å². The molecule has 0 bridgehead atoms. The van der Waals surface area contributed by atoms with E-state index in [1.54, 1.807) is 0 Å². The summed E-state index contributed by atoms with van der Waals surface area (Å²) >= 11 is 18.0. The van der Waals surface area contributed by atoms with Crippen molar-refractivity contribution in [3.63, 3.8) is 0 Å². The second-order valence-electron chi connectivity index (χ2n) is 4.44. The number of aromatic nitrogens is 2. The number of nitrogens with zero attached hydrogens (tertiary/aromatic N) is 2. The Labute approximate surface area is 143 Å². The van der Waals surface area contributed by atoms with Crippen molar-refractivity contribution in [2.24, 2.45) is 0 Å². The van der Waals surface area contributed by atoms with Crippen LogP contribution in [-0.4, -0.2) is 9.97 Å². The Morgan fingerprint density at radius 3 is 2.63 bits per heavy atom. The van der Waals surface area contributed by atoms with E-state index in [1.165, 1.54) is 12.8 Å². The van der Waals surface area contributed by atoms with Crippen molar-refractivity contribution >= 4 is 61.7 Å². The van der Waals surface area contributed by atoms with Crippen LogP contribution in [0.4, 0.5) is 0 Å². The van der Waals surface area contributed by atoms with Crippen LogP contribution in [0.1, 0.15) is 24.5 Å². The molecule has 1 aromatic carbocycles. The van der Waals surface area contributed by atoms with Crippen LogP contribution in [-0.2, 0) is 0 Å². The monoisotopic (exact) mass is 468 g/mol. The third-order valence-electron chi connectivity index (χ3n) is 2.97. The normalized spacial score (nSPS) is 14.7. The van der Waals surface area contributed by atoms with Crippen LogP contribution < -0.4 is 0 Å². The number of halogens is 4. The first-order valence-corrected chi connectivity index (χ1v) is 8.37. The van der Waals surface area contributed by atoms with Crippen LogP contribution in [0.15, 0.2) is 22.7 Å². The average Bonchev–Trinajstić information content (AvgIpc) is 3.20. The van der Waals surface area contributed by atoms with Crippen LogP contribution in [0.2, 0.25) is 10.2 Å². The van der Waals surface area contributed by atoms with Crippen molar-refractivity contribution in [1.82, 2.24) is 9.97 Å². The van der Waals surface area contributed by atoms with Crippen molar-refractivity contribution < 1.29 is 0 Å². The summed E-state index contributed by atoms with van der Waals surface area (Å²) in [5, 5.41) is 1.17. The lowest BCUT2D eigenvalue weighted by molar-refractivity contribution is 0.977. The minimum Gasteiger partial charge on any atom is -0.232 e. The zero-order valence-corrected chi connectivity index (χ0v) is 14.9. The SMILES string of the molecule is Clc1ccc(Br)c(-c2nc(Cl)c(I)c(C3CC3)n2)c1. The lowest BCUT2D eigenvalue weighted by atomic mass is 10.2. The van der Waals surface area contributed by atoms with E-state index in [4.69, 9.17) is 23.2 Å². The van der Waals surface area contributed by atoms with E-state index < -0.39 is 0 Å². The van der Waals surface area contributed by atoms with Gasteiger partial charge in [0, 0.05) is 21.0 Å². The Bertz CT molecular complexity index is 659. The van der Waals surface area contributed by atoms with Crippen molar-refractivity contribution in [1.29, 1.82) is 0 Å². The summed E-state index contributed by atoms with van der Waals surface area (Å²) in [4.78, 5) is 9.05. The standard InChI is InChI=1S/C13H8BrCl2IN2/c14-9-4-3-7(15)5-8(9)13-18-11(6-1-2-6)10(17)12(16)19-13/h3-6H,1-2H2. The van der Waals surface area contributed by atoms with Crippen LogP contribution >= 0.6 is 61.7 Å². The molecule has 0 saturated heterocycles. The molecule has 98 valence electrons. The number of hydrogen-bond acceptors (Lipinski definition) is 2. The van der Waals surface area contributed by atoms with Gasteiger partial charge in [-0.25, -0.2) is 9.97 Å². The van der Waals surface area contributed by atoms with Gasteiger partial charge in [-0.3, -0.25) is 0 Å². The molecule has 0 atom stereocenters. The largest absolute Gasteiger partial charge is 0.232 e. The minimum absolute atomic E-state index is 0.513. The van der Waals surface area contributed by atoms with E-state index in [-0.39, 0.29) is 0 Å². The molecule has 1 aromatic heterocycles. The van der Waals surface area contributed by atoms with Crippen molar-refractivity contribution in [3.05, 3.63) is 42.1 Å². The highest BCUT2D eigenvalue weighted by atomic mass is 127. The van der Waals surface area contributed by atoms with Crippen molar-refractivity contribution in [2.45, 2.75) is 18.8 Å². The van der Waals surface area contributed by atoms with Gasteiger partial charge in [-0.2, -0.15) is 0 Å². The van der Waals surface area contributed by atoms with Crippen molar-refractivity contribution in [3.8, 4) is 11.4 Å². The summed E-state index contributed by atoms with van der Waals surface area (Å²) in [7, 11) is 0. The molecule has 0 spiro atoms. The maximum Gasteiger partial charge on any atom is 0.162 e. The van der Waals surface area contributed by atoms with E-state index in [0.29, 0.717) is 21.9 Å². The summed E-state index contributed by atoms with van der Waals surface area (Å²) in [6.07, 6.45) is 2.36. The zero-order valence-electron chi connectivity index (χ0n) is 9.63. The highest BCUT2D eigenvalue weighted by molar-refractivity contribution is 14.1. The lowest BCUT2D eigenvalue weighted by Crippen LogP contribution is -2.00. The summed E-state index contributed by atoms with van der Waals surface area (Å²) in [6.45, 7) is 0. The molecule has 2 nitrogen and oxygen atoms in total. The topological polar surface area (TPSA) is 25.8 Å². The molecule has 0 aliphatic heterocycles. The van der Waals surface area contributed by atoms with Gasteiger partial charge >= 0.3 is 0 Å². The predicted molar refractivity (Wildman–Crippen MR) is 89.9 cm³/mol. The maximum absolute atomic E-state index is 6.23. The molecule has 0 radical (unpaired) electrons. The molecule has 6 heteroatoms. The molecule has 0 unspecified atom stereocenters. The summed E-state index contributed by atoms with van der Waals surface area (Å²) in [6, 6.07) is 5.57. The summed E-state index contributed by atoms with van der Waals surface area (Å²) in [5.74, 6) is 1.16.